The van der Waals surface area contributed by atoms with E-state index < -0.39 is 0 Å². The van der Waals surface area contributed by atoms with Crippen LogP contribution in [0.15, 0.2) is 41.8 Å². The summed E-state index contributed by atoms with van der Waals surface area (Å²) in [6.45, 7) is 4.41. The number of carbonyl (C=O) groups is 1. The summed E-state index contributed by atoms with van der Waals surface area (Å²) in [6.07, 6.45) is 5.43. The molecule has 0 unspecified atom stereocenters. The van der Waals surface area contributed by atoms with Crippen LogP contribution in [0.1, 0.15) is 38.2 Å². The van der Waals surface area contributed by atoms with Crippen molar-refractivity contribution in [3.05, 3.63) is 42.2 Å². The van der Waals surface area contributed by atoms with Gasteiger partial charge in [0.25, 0.3) is 0 Å². The van der Waals surface area contributed by atoms with Gasteiger partial charge in [0.1, 0.15) is 0 Å². The van der Waals surface area contributed by atoms with Crippen molar-refractivity contribution in [2.45, 2.75) is 43.8 Å². The fourth-order valence-electron chi connectivity index (χ4n) is 2.75. The maximum atomic E-state index is 11.3. The van der Waals surface area contributed by atoms with E-state index in [-0.39, 0.29) is 11.9 Å². The second kappa shape index (κ2) is 6.57. The van der Waals surface area contributed by atoms with E-state index in [1.165, 1.54) is 11.3 Å². The van der Waals surface area contributed by atoms with Crippen LogP contribution < -0.4 is 5.32 Å². The van der Waals surface area contributed by atoms with Crippen LogP contribution in [0.4, 0.5) is 0 Å². The van der Waals surface area contributed by atoms with Gasteiger partial charge in [-0.25, -0.2) is 4.98 Å². The number of rotatable bonds is 5. The Morgan fingerprint density at radius 2 is 2.23 bits per heavy atom. The van der Waals surface area contributed by atoms with E-state index >= 15 is 0 Å². The number of imidazole rings is 1. The summed E-state index contributed by atoms with van der Waals surface area (Å²) < 4.78 is 2.15. The average Bonchev–Trinajstić information content (AvgIpc) is 3.13. The minimum absolute atomic E-state index is 0.166. The monoisotopic (exact) mass is 315 g/mol. The largest absolute Gasteiger partial charge is 0.353 e. The molecule has 5 heteroatoms. The number of hydrogen-bond donors (Lipinski definition) is 1. The minimum atomic E-state index is 0.166. The van der Waals surface area contributed by atoms with Crippen molar-refractivity contribution in [1.82, 2.24) is 14.9 Å². The summed E-state index contributed by atoms with van der Waals surface area (Å²) in [7, 11) is 0. The highest BCUT2D eigenvalue weighted by atomic mass is 32.2. The Hall–Kier alpha value is -1.75. The first-order valence-electron chi connectivity index (χ1n) is 7.70. The third kappa shape index (κ3) is 3.19. The van der Waals surface area contributed by atoms with Crippen LogP contribution in [-0.2, 0) is 4.79 Å². The number of nitrogens with zero attached hydrogens (tertiary/aromatic N) is 2. The van der Waals surface area contributed by atoms with Gasteiger partial charge in [0.05, 0.1) is 5.69 Å². The Labute approximate surface area is 135 Å². The molecule has 2 aromatic rings. The summed E-state index contributed by atoms with van der Waals surface area (Å²) in [4.78, 5) is 15.8. The number of amides is 1. The predicted octanol–water partition coefficient (Wildman–Crippen LogP) is 3.37. The Balaban J connectivity index is 1.79. The smallest absolute Gasteiger partial charge is 0.220 e. The zero-order chi connectivity index (χ0) is 15.5. The van der Waals surface area contributed by atoms with E-state index in [2.05, 4.69) is 53.0 Å². The predicted molar refractivity (Wildman–Crippen MR) is 89.5 cm³/mol. The quantitative estimate of drug-likeness (QED) is 0.861. The van der Waals surface area contributed by atoms with Crippen LogP contribution in [0.3, 0.4) is 0 Å². The second-order valence-electron chi connectivity index (χ2n) is 5.91. The fraction of sp³-hybridized carbons (Fsp3) is 0.412. The molecular formula is C17H21N3OS. The van der Waals surface area contributed by atoms with Crippen molar-refractivity contribution >= 4 is 17.7 Å². The van der Waals surface area contributed by atoms with E-state index in [4.69, 9.17) is 0 Å². The molecule has 0 aliphatic carbocycles. The van der Waals surface area contributed by atoms with E-state index in [0.717, 1.165) is 17.3 Å². The van der Waals surface area contributed by atoms with E-state index in [9.17, 15) is 4.79 Å². The van der Waals surface area contributed by atoms with Crippen molar-refractivity contribution in [3.63, 3.8) is 0 Å². The van der Waals surface area contributed by atoms with Crippen LogP contribution in [0.25, 0.3) is 5.69 Å². The van der Waals surface area contributed by atoms with Gasteiger partial charge in [0.15, 0.2) is 5.16 Å². The van der Waals surface area contributed by atoms with Gasteiger partial charge in [-0.15, -0.1) is 0 Å². The molecule has 1 aromatic heterocycles. The lowest BCUT2D eigenvalue weighted by molar-refractivity contribution is -0.119. The zero-order valence-corrected chi connectivity index (χ0v) is 13.8. The molecule has 1 aromatic carbocycles. The molecular weight excluding hydrogens is 294 g/mol. The molecule has 1 N–H and O–H groups in total. The number of carbonyl (C=O) groups excluding carboxylic acids is 1. The van der Waals surface area contributed by atoms with Crippen LogP contribution >= 0.6 is 11.8 Å². The van der Waals surface area contributed by atoms with Crippen molar-refractivity contribution < 1.29 is 4.79 Å². The molecule has 3 rings (SSSR count). The van der Waals surface area contributed by atoms with Gasteiger partial charge in [-0.1, -0.05) is 43.8 Å². The Morgan fingerprint density at radius 3 is 2.95 bits per heavy atom. The summed E-state index contributed by atoms with van der Waals surface area (Å²) in [5, 5.41) is 3.99. The van der Waals surface area contributed by atoms with Crippen molar-refractivity contribution in [3.8, 4) is 5.69 Å². The Morgan fingerprint density at radius 1 is 1.41 bits per heavy atom. The molecule has 22 heavy (non-hydrogen) atoms. The van der Waals surface area contributed by atoms with Crippen molar-refractivity contribution in [1.29, 1.82) is 0 Å². The van der Waals surface area contributed by atoms with E-state index in [1.807, 2.05) is 12.4 Å². The highest BCUT2D eigenvalue weighted by molar-refractivity contribution is 7.99. The maximum absolute atomic E-state index is 11.3. The number of hydrogen-bond acceptors (Lipinski definition) is 3. The third-order valence-electron chi connectivity index (χ3n) is 3.92. The highest BCUT2D eigenvalue weighted by Gasteiger charge is 2.21. The molecule has 0 saturated carbocycles. The summed E-state index contributed by atoms with van der Waals surface area (Å²) in [6, 6.07) is 8.72. The average molecular weight is 315 g/mol. The highest BCUT2D eigenvalue weighted by Crippen LogP contribution is 2.28. The van der Waals surface area contributed by atoms with Gasteiger partial charge in [0, 0.05) is 30.6 Å². The number of thioether (sulfide) groups is 1. The molecule has 1 aliphatic heterocycles. The zero-order valence-electron chi connectivity index (χ0n) is 13.0. The molecule has 2 heterocycles. The topological polar surface area (TPSA) is 46.9 Å². The molecule has 1 aliphatic rings. The van der Waals surface area contributed by atoms with Crippen LogP contribution in [0.2, 0.25) is 0 Å². The lowest BCUT2D eigenvalue weighted by Gasteiger charge is -2.16. The molecule has 116 valence electrons. The van der Waals surface area contributed by atoms with Crippen LogP contribution in [-0.4, -0.2) is 27.3 Å². The van der Waals surface area contributed by atoms with Crippen molar-refractivity contribution in [2.24, 2.45) is 0 Å². The molecule has 0 spiro atoms. The molecule has 1 amide bonds. The first-order chi connectivity index (χ1) is 10.6. The molecule has 1 atom stereocenters. The van der Waals surface area contributed by atoms with Gasteiger partial charge in [-0.3, -0.25) is 9.36 Å². The molecule has 1 saturated heterocycles. The van der Waals surface area contributed by atoms with Crippen LogP contribution in [0.5, 0.6) is 0 Å². The lowest BCUT2D eigenvalue weighted by Crippen LogP contribution is -2.27. The second-order valence-corrected chi connectivity index (χ2v) is 6.89. The van der Waals surface area contributed by atoms with Crippen molar-refractivity contribution in [2.75, 3.05) is 5.75 Å². The van der Waals surface area contributed by atoms with Gasteiger partial charge >= 0.3 is 0 Å². The SMILES string of the molecule is CC(C)c1ccccc1-n1ccnc1SC[C@H]1CCC(=O)N1. The number of para-hydroxylation sites is 1. The Kier molecular flexibility index (Phi) is 4.52. The number of aromatic nitrogens is 2. The fourth-order valence-corrected chi connectivity index (χ4v) is 3.79. The van der Waals surface area contributed by atoms with E-state index in [1.54, 1.807) is 11.8 Å². The third-order valence-corrected chi connectivity index (χ3v) is 5.05. The molecule has 4 nitrogen and oxygen atoms in total. The molecule has 0 radical (unpaired) electrons. The summed E-state index contributed by atoms with van der Waals surface area (Å²) in [5.41, 5.74) is 2.50. The molecule has 1 fully saturated rings. The first kappa shape index (κ1) is 15.2. The van der Waals surface area contributed by atoms with Gasteiger partial charge in [-0.05, 0) is 24.0 Å². The summed E-state index contributed by atoms with van der Waals surface area (Å²) >= 11 is 1.71. The van der Waals surface area contributed by atoms with Gasteiger partial charge in [-0.2, -0.15) is 0 Å². The van der Waals surface area contributed by atoms with Gasteiger partial charge < -0.3 is 5.32 Å². The summed E-state index contributed by atoms with van der Waals surface area (Å²) in [5.74, 6) is 1.50. The van der Waals surface area contributed by atoms with E-state index in [0.29, 0.717) is 12.3 Å². The van der Waals surface area contributed by atoms with Crippen LogP contribution in [0, 0.1) is 0 Å². The van der Waals surface area contributed by atoms with Gasteiger partial charge in [0.2, 0.25) is 5.91 Å². The standard InChI is InChI=1S/C17H21N3OS/c1-12(2)14-5-3-4-6-15(14)20-10-9-18-17(20)22-11-13-7-8-16(21)19-13/h3-6,9-10,12-13H,7-8,11H2,1-2H3,(H,19,21)/t13-/m1/s1. The normalized spacial score (nSPS) is 18.0. The Bertz CT molecular complexity index is 665. The number of benzene rings is 1. The first-order valence-corrected chi connectivity index (χ1v) is 8.68. The molecule has 0 bridgehead atoms. The maximum Gasteiger partial charge on any atom is 0.220 e. The lowest BCUT2D eigenvalue weighted by atomic mass is 10.0. The number of nitrogens with one attached hydrogen (secondary N) is 1. The minimum Gasteiger partial charge on any atom is -0.353 e.